The van der Waals surface area contributed by atoms with Crippen molar-refractivity contribution in [1.82, 2.24) is 15.1 Å². The molecule has 3 rings (SSSR count). The van der Waals surface area contributed by atoms with Crippen LogP contribution in [0.2, 0.25) is 0 Å². The van der Waals surface area contributed by atoms with Crippen LogP contribution in [0, 0.1) is 0 Å². The van der Waals surface area contributed by atoms with Crippen molar-refractivity contribution in [2.45, 2.75) is 44.7 Å². The van der Waals surface area contributed by atoms with Crippen molar-refractivity contribution in [1.29, 1.82) is 0 Å². The molecule has 1 fully saturated rings. The van der Waals surface area contributed by atoms with Crippen molar-refractivity contribution in [3.8, 4) is 0 Å². The molecule has 0 radical (unpaired) electrons. The molecule has 0 amide bonds. The molecule has 1 N–H and O–H groups in total. The predicted octanol–water partition coefficient (Wildman–Crippen LogP) is 3.02. The first kappa shape index (κ1) is 13.4. The first-order valence-corrected chi connectivity index (χ1v) is 7.56. The van der Waals surface area contributed by atoms with E-state index in [0.717, 1.165) is 18.9 Å². The van der Waals surface area contributed by atoms with Crippen LogP contribution in [-0.2, 0) is 20.0 Å². The minimum atomic E-state index is 0.658. The molecule has 0 bridgehead atoms. The van der Waals surface area contributed by atoms with E-state index < -0.39 is 0 Å². The van der Waals surface area contributed by atoms with E-state index in [1.165, 1.54) is 29.7 Å². The lowest BCUT2D eigenvalue weighted by Gasteiger charge is -2.36. The molecule has 0 unspecified atom stereocenters. The van der Waals surface area contributed by atoms with Gasteiger partial charge in [-0.05, 0) is 30.7 Å². The zero-order valence-corrected chi connectivity index (χ0v) is 12.3. The molecule has 1 saturated carbocycles. The number of hydrogen-bond acceptors (Lipinski definition) is 2. The van der Waals surface area contributed by atoms with Crippen LogP contribution in [0.3, 0.4) is 0 Å². The maximum absolute atomic E-state index is 4.49. The normalized spacial score (nSPS) is 21.7. The highest BCUT2D eigenvalue weighted by atomic mass is 15.3. The molecule has 1 aliphatic rings. The second-order valence-electron chi connectivity index (χ2n) is 5.79. The summed E-state index contributed by atoms with van der Waals surface area (Å²) in [6, 6.07) is 11.5. The van der Waals surface area contributed by atoms with Gasteiger partial charge in [0.1, 0.15) is 0 Å². The third-order valence-electron chi connectivity index (χ3n) is 4.32. The Morgan fingerprint density at radius 1 is 1.25 bits per heavy atom. The van der Waals surface area contributed by atoms with Crippen LogP contribution < -0.4 is 5.32 Å². The van der Waals surface area contributed by atoms with Gasteiger partial charge < -0.3 is 5.32 Å². The maximum atomic E-state index is 4.49. The van der Waals surface area contributed by atoms with Gasteiger partial charge >= 0.3 is 0 Å². The minimum absolute atomic E-state index is 0.658. The lowest BCUT2D eigenvalue weighted by Crippen LogP contribution is -2.39. The molecule has 1 aromatic heterocycles. The number of nitrogens with one attached hydrogen (secondary N) is 1. The Morgan fingerprint density at radius 2 is 2.00 bits per heavy atom. The number of rotatable bonds is 5. The molecule has 1 aliphatic carbocycles. The Labute approximate surface area is 121 Å². The number of benzene rings is 1. The zero-order valence-electron chi connectivity index (χ0n) is 12.3. The molecule has 0 saturated heterocycles. The quantitative estimate of drug-likeness (QED) is 0.904. The fourth-order valence-electron chi connectivity index (χ4n) is 3.07. The lowest BCUT2D eigenvalue weighted by molar-refractivity contribution is 0.289. The van der Waals surface area contributed by atoms with Gasteiger partial charge in [-0.1, -0.05) is 37.3 Å². The fraction of sp³-hybridized carbons (Fsp3) is 0.471. The van der Waals surface area contributed by atoms with E-state index in [4.69, 9.17) is 0 Å². The summed E-state index contributed by atoms with van der Waals surface area (Å²) in [5, 5.41) is 8.16. The maximum Gasteiger partial charge on any atom is 0.0666 e. The highest BCUT2D eigenvalue weighted by Crippen LogP contribution is 2.36. The van der Waals surface area contributed by atoms with Crippen molar-refractivity contribution < 1.29 is 0 Å². The molecule has 3 nitrogen and oxygen atoms in total. The molecule has 20 heavy (non-hydrogen) atoms. The van der Waals surface area contributed by atoms with Gasteiger partial charge in [0, 0.05) is 31.4 Å². The number of hydrogen-bond donors (Lipinski definition) is 1. The van der Waals surface area contributed by atoms with Crippen LogP contribution >= 0.6 is 0 Å². The Bertz CT molecular complexity index is 553. The summed E-state index contributed by atoms with van der Waals surface area (Å²) in [6.45, 7) is 3.11. The minimum Gasteiger partial charge on any atom is -0.310 e. The molecule has 0 spiro atoms. The van der Waals surface area contributed by atoms with Crippen LogP contribution in [0.15, 0.2) is 36.5 Å². The Hall–Kier alpha value is -1.61. The lowest BCUT2D eigenvalue weighted by atomic mass is 9.76. The largest absolute Gasteiger partial charge is 0.310 e. The van der Waals surface area contributed by atoms with E-state index in [2.05, 4.69) is 53.9 Å². The molecular weight excluding hydrogens is 246 g/mol. The van der Waals surface area contributed by atoms with Crippen LogP contribution in [0.1, 0.15) is 42.5 Å². The molecule has 106 valence electrons. The van der Waals surface area contributed by atoms with Gasteiger partial charge in [-0.2, -0.15) is 5.10 Å². The molecule has 0 aliphatic heterocycles. The monoisotopic (exact) mass is 269 g/mol. The first-order chi connectivity index (χ1) is 9.76. The topological polar surface area (TPSA) is 29.9 Å². The SMILES string of the molecule is CCc1nn(C)cc1CNC1CC(c2ccccc2)C1. The fourth-order valence-corrected chi connectivity index (χ4v) is 3.07. The smallest absolute Gasteiger partial charge is 0.0666 e. The van der Waals surface area contributed by atoms with Gasteiger partial charge in [0.15, 0.2) is 0 Å². The summed E-state index contributed by atoms with van der Waals surface area (Å²) in [5.74, 6) is 0.744. The first-order valence-electron chi connectivity index (χ1n) is 7.56. The average Bonchev–Trinajstić information content (AvgIpc) is 2.78. The van der Waals surface area contributed by atoms with Gasteiger partial charge in [0.25, 0.3) is 0 Å². The molecule has 2 aromatic rings. The highest BCUT2D eigenvalue weighted by Gasteiger charge is 2.29. The van der Waals surface area contributed by atoms with Gasteiger partial charge in [-0.25, -0.2) is 0 Å². The van der Waals surface area contributed by atoms with E-state index in [1.807, 2.05) is 11.7 Å². The van der Waals surface area contributed by atoms with Crippen molar-refractivity contribution in [2.24, 2.45) is 7.05 Å². The second-order valence-corrected chi connectivity index (χ2v) is 5.79. The average molecular weight is 269 g/mol. The summed E-state index contributed by atoms with van der Waals surface area (Å²) >= 11 is 0. The van der Waals surface area contributed by atoms with Gasteiger partial charge in [0.2, 0.25) is 0 Å². The zero-order chi connectivity index (χ0) is 13.9. The van der Waals surface area contributed by atoms with E-state index in [-0.39, 0.29) is 0 Å². The summed E-state index contributed by atoms with van der Waals surface area (Å²) < 4.78 is 1.92. The van der Waals surface area contributed by atoms with Crippen LogP contribution in [0.25, 0.3) is 0 Å². The van der Waals surface area contributed by atoms with Crippen molar-refractivity contribution >= 4 is 0 Å². The van der Waals surface area contributed by atoms with Gasteiger partial charge in [-0.15, -0.1) is 0 Å². The van der Waals surface area contributed by atoms with Crippen LogP contribution in [0.5, 0.6) is 0 Å². The summed E-state index contributed by atoms with van der Waals surface area (Å²) in [4.78, 5) is 0. The summed E-state index contributed by atoms with van der Waals surface area (Å²) in [6.07, 6.45) is 5.66. The number of aromatic nitrogens is 2. The predicted molar refractivity (Wildman–Crippen MR) is 81.6 cm³/mol. The molecular formula is C17H23N3. The summed E-state index contributed by atoms with van der Waals surface area (Å²) in [7, 11) is 2.00. The Balaban J connectivity index is 1.50. The second kappa shape index (κ2) is 5.80. The van der Waals surface area contributed by atoms with Crippen LogP contribution in [-0.4, -0.2) is 15.8 Å². The van der Waals surface area contributed by atoms with E-state index in [9.17, 15) is 0 Å². The van der Waals surface area contributed by atoms with Crippen molar-refractivity contribution in [2.75, 3.05) is 0 Å². The number of aryl methyl sites for hydroxylation is 2. The van der Waals surface area contributed by atoms with E-state index >= 15 is 0 Å². The third kappa shape index (κ3) is 2.78. The Morgan fingerprint density at radius 3 is 2.70 bits per heavy atom. The Kier molecular flexibility index (Phi) is 3.88. The van der Waals surface area contributed by atoms with E-state index in [1.54, 1.807) is 0 Å². The van der Waals surface area contributed by atoms with E-state index in [0.29, 0.717) is 6.04 Å². The third-order valence-corrected chi connectivity index (χ3v) is 4.32. The standard InChI is InChI=1S/C17H23N3/c1-3-17-15(12-20(2)19-17)11-18-16-9-14(10-16)13-7-5-4-6-8-13/h4-8,12,14,16,18H,3,9-11H2,1-2H3. The van der Waals surface area contributed by atoms with Crippen molar-refractivity contribution in [3.63, 3.8) is 0 Å². The molecule has 1 heterocycles. The number of nitrogens with zero attached hydrogens (tertiary/aromatic N) is 2. The van der Waals surface area contributed by atoms with Crippen LogP contribution in [0.4, 0.5) is 0 Å². The molecule has 0 atom stereocenters. The highest BCUT2D eigenvalue weighted by molar-refractivity contribution is 5.23. The van der Waals surface area contributed by atoms with Gasteiger partial charge in [0.05, 0.1) is 5.69 Å². The summed E-state index contributed by atoms with van der Waals surface area (Å²) in [5.41, 5.74) is 4.05. The van der Waals surface area contributed by atoms with Crippen molar-refractivity contribution in [3.05, 3.63) is 53.3 Å². The van der Waals surface area contributed by atoms with Gasteiger partial charge in [-0.3, -0.25) is 4.68 Å². The molecule has 3 heteroatoms. The molecule has 1 aromatic carbocycles.